The molecule has 0 aliphatic heterocycles. The molecule has 0 radical (unpaired) electrons. The van der Waals surface area contributed by atoms with Crippen LogP contribution in [0, 0.1) is 0 Å². The van der Waals surface area contributed by atoms with Crippen LogP contribution in [0.5, 0.6) is 0 Å². The number of nitrogens with one attached hydrogen (secondary N) is 1. The minimum Gasteiger partial charge on any atom is -0.354 e. The SMILES string of the molecule is CCNC(c1ccc2ncccc2c1)C(OC)OC. The fraction of sp³-hybridized carbons (Fsp3) is 0.400. The maximum atomic E-state index is 5.38. The molecule has 4 nitrogen and oxygen atoms in total. The van der Waals surface area contributed by atoms with Crippen LogP contribution in [0.1, 0.15) is 18.5 Å². The Morgan fingerprint density at radius 1 is 1.21 bits per heavy atom. The third-order valence-electron chi connectivity index (χ3n) is 3.15. The number of hydrogen-bond acceptors (Lipinski definition) is 4. The number of nitrogens with zero attached hydrogens (tertiary/aromatic N) is 1. The first kappa shape index (κ1) is 13.9. The second-order valence-electron chi connectivity index (χ2n) is 4.33. The topological polar surface area (TPSA) is 43.4 Å². The average molecular weight is 260 g/mol. The summed E-state index contributed by atoms with van der Waals surface area (Å²) in [4.78, 5) is 4.33. The minimum atomic E-state index is -0.311. The van der Waals surface area contributed by atoms with Crippen LogP contribution in [0.25, 0.3) is 10.9 Å². The number of methoxy groups -OCH3 is 2. The van der Waals surface area contributed by atoms with Crippen molar-refractivity contribution >= 4 is 10.9 Å². The molecule has 4 heteroatoms. The van der Waals surface area contributed by atoms with Gasteiger partial charge in [-0.25, -0.2) is 0 Å². The summed E-state index contributed by atoms with van der Waals surface area (Å²) in [6.45, 7) is 2.91. The van der Waals surface area contributed by atoms with Crippen molar-refractivity contribution in [2.45, 2.75) is 19.3 Å². The number of ether oxygens (including phenoxy) is 2. The highest BCUT2D eigenvalue weighted by molar-refractivity contribution is 5.79. The quantitative estimate of drug-likeness (QED) is 0.810. The lowest BCUT2D eigenvalue weighted by Gasteiger charge is -2.26. The van der Waals surface area contributed by atoms with Gasteiger partial charge in [0, 0.05) is 25.8 Å². The van der Waals surface area contributed by atoms with Crippen LogP contribution < -0.4 is 5.32 Å². The van der Waals surface area contributed by atoms with Crippen molar-refractivity contribution in [3.63, 3.8) is 0 Å². The number of benzene rings is 1. The van der Waals surface area contributed by atoms with Crippen molar-refractivity contribution in [3.8, 4) is 0 Å². The molecule has 1 N–H and O–H groups in total. The van der Waals surface area contributed by atoms with E-state index in [9.17, 15) is 0 Å². The molecule has 1 atom stereocenters. The lowest BCUT2D eigenvalue weighted by molar-refractivity contribution is -0.123. The van der Waals surface area contributed by atoms with Crippen LogP contribution in [0.3, 0.4) is 0 Å². The summed E-state index contributed by atoms with van der Waals surface area (Å²) >= 11 is 0. The first-order chi connectivity index (χ1) is 9.30. The first-order valence-corrected chi connectivity index (χ1v) is 6.43. The Bertz CT molecular complexity index is 526. The number of aromatic nitrogens is 1. The Kier molecular flexibility index (Phi) is 4.85. The van der Waals surface area contributed by atoms with Crippen LogP contribution in [0.15, 0.2) is 36.5 Å². The van der Waals surface area contributed by atoms with Gasteiger partial charge >= 0.3 is 0 Å². The highest BCUT2D eigenvalue weighted by atomic mass is 16.7. The van der Waals surface area contributed by atoms with Crippen LogP contribution in [0.2, 0.25) is 0 Å². The zero-order chi connectivity index (χ0) is 13.7. The number of fused-ring (bicyclic) bond motifs is 1. The van der Waals surface area contributed by atoms with Gasteiger partial charge in [-0.2, -0.15) is 0 Å². The van der Waals surface area contributed by atoms with E-state index in [1.54, 1.807) is 20.4 Å². The molecule has 0 saturated carbocycles. The number of likely N-dealkylation sites (N-methyl/N-ethyl adjacent to an activating group) is 1. The molecule has 19 heavy (non-hydrogen) atoms. The van der Waals surface area contributed by atoms with Crippen LogP contribution >= 0.6 is 0 Å². The van der Waals surface area contributed by atoms with Gasteiger partial charge in [0.2, 0.25) is 0 Å². The van der Waals surface area contributed by atoms with Gasteiger partial charge in [-0.15, -0.1) is 0 Å². The Labute approximate surface area is 113 Å². The molecule has 0 aliphatic rings. The van der Waals surface area contributed by atoms with E-state index in [1.165, 1.54) is 0 Å². The van der Waals surface area contributed by atoms with Gasteiger partial charge in [-0.3, -0.25) is 4.98 Å². The molecule has 102 valence electrons. The maximum Gasteiger partial charge on any atom is 0.176 e. The largest absolute Gasteiger partial charge is 0.354 e. The van der Waals surface area contributed by atoms with Gasteiger partial charge in [-0.1, -0.05) is 19.1 Å². The Morgan fingerprint density at radius 3 is 2.68 bits per heavy atom. The number of pyridine rings is 1. The molecule has 0 fully saturated rings. The fourth-order valence-electron chi connectivity index (χ4n) is 2.25. The third-order valence-corrected chi connectivity index (χ3v) is 3.15. The molecular weight excluding hydrogens is 240 g/mol. The molecule has 2 aromatic rings. The van der Waals surface area contributed by atoms with E-state index in [-0.39, 0.29) is 12.3 Å². The average Bonchev–Trinajstić information content (AvgIpc) is 2.47. The van der Waals surface area contributed by atoms with E-state index in [0.29, 0.717) is 0 Å². The van der Waals surface area contributed by atoms with E-state index < -0.39 is 0 Å². The fourth-order valence-corrected chi connectivity index (χ4v) is 2.25. The van der Waals surface area contributed by atoms with E-state index >= 15 is 0 Å². The number of rotatable bonds is 6. The van der Waals surface area contributed by atoms with E-state index in [4.69, 9.17) is 9.47 Å². The lowest BCUT2D eigenvalue weighted by Crippen LogP contribution is -2.34. The van der Waals surface area contributed by atoms with Gasteiger partial charge in [-0.05, 0) is 30.3 Å². The highest BCUT2D eigenvalue weighted by Crippen LogP contribution is 2.23. The molecule has 2 rings (SSSR count). The molecule has 0 spiro atoms. The van der Waals surface area contributed by atoms with Crippen molar-refractivity contribution in [2.75, 3.05) is 20.8 Å². The lowest BCUT2D eigenvalue weighted by atomic mass is 10.0. The predicted octanol–water partition coefficient (Wildman–Crippen LogP) is 2.50. The second kappa shape index (κ2) is 6.61. The zero-order valence-electron chi connectivity index (χ0n) is 11.6. The number of hydrogen-bond donors (Lipinski definition) is 1. The normalized spacial score (nSPS) is 13.1. The van der Waals surface area contributed by atoms with E-state index in [2.05, 4.69) is 35.4 Å². The molecule has 1 unspecified atom stereocenters. The summed E-state index contributed by atoms with van der Waals surface area (Å²) in [6, 6.07) is 10.2. The van der Waals surface area contributed by atoms with Crippen molar-refractivity contribution in [2.24, 2.45) is 0 Å². The zero-order valence-corrected chi connectivity index (χ0v) is 11.6. The van der Waals surface area contributed by atoms with Crippen LogP contribution in [-0.2, 0) is 9.47 Å². The summed E-state index contributed by atoms with van der Waals surface area (Å²) in [5.41, 5.74) is 2.13. The monoisotopic (exact) mass is 260 g/mol. The minimum absolute atomic E-state index is 0.00426. The molecular formula is C15H20N2O2. The predicted molar refractivity (Wildman–Crippen MR) is 76.0 cm³/mol. The van der Waals surface area contributed by atoms with E-state index in [1.807, 2.05) is 12.1 Å². The molecule has 0 bridgehead atoms. The van der Waals surface area contributed by atoms with Crippen molar-refractivity contribution in [1.82, 2.24) is 10.3 Å². The first-order valence-electron chi connectivity index (χ1n) is 6.43. The van der Waals surface area contributed by atoms with E-state index in [0.717, 1.165) is 23.0 Å². The molecule has 0 aliphatic carbocycles. The maximum absolute atomic E-state index is 5.38. The van der Waals surface area contributed by atoms with Gasteiger partial charge in [0.05, 0.1) is 11.6 Å². The van der Waals surface area contributed by atoms with Gasteiger partial charge in [0.15, 0.2) is 6.29 Å². The smallest absolute Gasteiger partial charge is 0.176 e. The summed E-state index contributed by atoms with van der Waals surface area (Å²) in [5.74, 6) is 0. The van der Waals surface area contributed by atoms with Crippen LogP contribution in [-0.4, -0.2) is 32.0 Å². The molecule has 1 heterocycles. The van der Waals surface area contributed by atoms with Crippen molar-refractivity contribution in [3.05, 3.63) is 42.1 Å². The Morgan fingerprint density at radius 2 is 2.00 bits per heavy atom. The van der Waals surface area contributed by atoms with Gasteiger partial charge in [0.1, 0.15) is 0 Å². The summed E-state index contributed by atoms with van der Waals surface area (Å²) < 4.78 is 10.8. The van der Waals surface area contributed by atoms with Crippen LogP contribution in [0.4, 0.5) is 0 Å². The third kappa shape index (κ3) is 3.10. The highest BCUT2D eigenvalue weighted by Gasteiger charge is 2.22. The standard InChI is InChI=1S/C15H20N2O2/c1-4-16-14(15(18-2)19-3)12-7-8-13-11(10-12)6-5-9-17-13/h5-10,14-16H,4H2,1-3H3. The molecule has 0 amide bonds. The Balaban J connectivity index is 2.37. The summed E-state index contributed by atoms with van der Waals surface area (Å²) in [6.07, 6.45) is 1.49. The second-order valence-corrected chi connectivity index (χ2v) is 4.33. The summed E-state index contributed by atoms with van der Waals surface area (Å²) in [5, 5.41) is 4.51. The van der Waals surface area contributed by atoms with Crippen molar-refractivity contribution < 1.29 is 9.47 Å². The van der Waals surface area contributed by atoms with Gasteiger partial charge < -0.3 is 14.8 Å². The van der Waals surface area contributed by atoms with Gasteiger partial charge in [0.25, 0.3) is 0 Å². The Hall–Kier alpha value is -1.49. The van der Waals surface area contributed by atoms with Crippen molar-refractivity contribution in [1.29, 1.82) is 0 Å². The molecule has 0 saturated heterocycles. The molecule has 1 aromatic carbocycles. The summed E-state index contributed by atoms with van der Waals surface area (Å²) in [7, 11) is 3.31. The molecule has 1 aromatic heterocycles.